The molecular formula is C13H14BrFN4O. The summed E-state index contributed by atoms with van der Waals surface area (Å²) in [5.41, 5.74) is 2.46. The topological polar surface area (TPSA) is 73.1 Å². The summed E-state index contributed by atoms with van der Waals surface area (Å²) < 4.78 is 19.4. The zero-order chi connectivity index (χ0) is 14.7. The van der Waals surface area contributed by atoms with Crippen LogP contribution in [0.25, 0.3) is 0 Å². The van der Waals surface area contributed by atoms with Crippen LogP contribution in [-0.2, 0) is 0 Å². The number of rotatable bonds is 4. The number of benzene rings is 1. The van der Waals surface area contributed by atoms with E-state index in [1.165, 1.54) is 6.07 Å². The van der Waals surface area contributed by atoms with Gasteiger partial charge in [0.05, 0.1) is 4.47 Å². The lowest BCUT2D eigenvalue weighted by atomic mass is 10.2. The average Bonchev–Trinajstić information content (AvgIpc) is 2.42. The van der Waals surface area contributed by atoms with E-state index in [1.54, 1.807) is 18.2 Å². The largest absolute Gasteiger partial charge is 0.439 e. The van der Waals surface area contributed by atoms with Crippen LogP contribution in [0.15, 0.2) is 28.7 Å². The standard InChI is InChI=1S/C13H14BrFN4O/c1-7(2)13-17-11(19-16)6-12(18-13)20-8-3-4-9(14)10(15)5-8/h3-7H,16H2,1-2H3,(H,17,18,19). The highest BCUT2D eigenvalue weighted by Crippen LogP contribution is 2.26. The molecule has 0 aliphatic heterocycles. The van der Waals surface area contributed by atoms with E-state index in [9.17, 15) is 4.39 Å². The molecule has 2 rings (SSSR count). The summed E-state index contributed by atoms with van der Waals surface area (Å²) in [6.07, 6.45) is 0. The van der Waals surface area contributed by atoms with Gasteiger partial charge in [0, 0.05) is 18.1 Å². The number of anilines is 1. The van der Waals surface area contributed by atoms with Crippen molar-refractivity contribution in [2.24, 2.45) is 5.84 Å². The summed E-state index contributed by atoms with van der Waals surface area (Å²) in [6, 6.07) is 6.03. The third-order valence-corrected chi connectivity index (χ3v) is 3.14. The van der Waals surface area contributed by atoms with Gasteiger partial charge in [-0.2, -0.15) is 4.98 Å². The van der Waals surface area contributed by atoms with E-state index in [2.05, 4.69) is 31.3 Å². The number of nitrogen functional groups attached to an aromatic ring is 1. The van der Waals surface area contributed by atoms with Crippen molar-refractivity contribution in [2.75, 3.05) is 5.43 Å². The maximum Gasteiger partial charge on any atom is 0.224 e. The van der Waals surface area contributed by atoms with Crippen LogP contribution in [-0.4, -0.2) is 9.97 Å². The van der Waals surface area contributed by atoms with Gasteiger partial charge in [-0.1, -0.05) is 13.8 Å². The zero-order valence-electron chi connectivity index (χ0n) is 11.0. The van der Waals surface area contributed by atoms with E-state index in [0.717, 1.165) is 0 Å². The monoisotopic (exact) mass is 340 g/mol. The Bertz CT molecular complexity index is 621. The number of ether oxygens (including phenoxy) is 1. The molecule has 0 unspecified atom stereocenters. The summed E-state index contributed by atoms with van der Waals surface area (Å²) in [5, 5.41) is 0. The van der Waals surface area contributed by atoms with Gasteiger partial charge in [0.2, 0.25) is 5.88 Å². The van der Waals surface area contributed by atoms with Gasteiger partial charge in [-0.05, 0) is 28.1 Å². The van der Waals surface area contributed by atoms with Gasteiger partial charge in [-0.25, -0.2) is 15.2 Å². The highest BCUT2D eigenvalue weighted by molar-refractivity contribution is 9.10. The summed E-state index contributed by atoms with van der Waals surface area (Å²) in [7, 11) is 0. The van der Waals surface area contributed by atoms with Crippen molar-refractivity contribution < 1.29 is 9.13 Å². The molecule has 3 N–H and O–H groups in total. The Morgan fingerprint density at radius 3 is 2.65 bits per heavy atom. The fraction of sp³-hybridized carbons (Fsp3) is 0.231. The third kappa shape index (κ3) is 3.43. The molecule has 0 radical (unpaired) electrons. The minimum Gasteiger partial charge on any atom is -0.439 e. The molecule has 0 saturated carbocycles. The van der Waals surface area contributed by atoms with Crippen molar-refractivity contribution in [3.63, 3.8) is 0 Å². The molecule has 0 aliphatic carbocycles. The Kier molecular flexibility index (Phi) is 4.51. The first kappa shape index (κ1) is 14.7. The van der Waals surface area contributed by atoms with Gasteiger partial charge in [0.1, 0.15) is 23.2 Å². The summed E-state index contributed by atoms with van der Waals surface area (Å²) in [4.78, 5) is 8.48. The second-order valence-electron chi connectivity index (χ2n) is 4.43. The first-order chi connectivity index (χ1) is 9.49. The number of halogens is 2. The van der Waals surface area contributed by atoms with Crippen LogP contribution in [0.1, 0.15) is 25.6 Å². The van der Waals surface area contributed by atoms with E-state index in [1.807, 2.05) is 13.8 Å². The van der Waals surface area contributed by atoms with Crippen LogP contribution in [0.4, 0.5) is 10.2 Å². The summed E-state index contributed by atoms with van der Waals surface area (Å²) in [6.45, 7) is 3.91. The molecule has 5 nitrogen and oxygen atoms in total. The number of nitrogens with zero attached hydrogens (tertiary/aromatic N) is 2. The fourth-order valence-electron chi connectivity index (χ4n) is 1.49. The number of nitrogens with two attached hydrogens (primary N) is 1. The lowest BCUT2D eigenvalue weighted by Crippen LogP contribution is -2.11. The highest BCUT2D eigenvalue weighted by atomic mass is 79.9. The van der Waals surface area contributed by atoms with Crippen LogP contribution in [0.5, 0.6) is 11.6 Å². The lowest BCUT2D eigenvalue weighted by molar-refractivity contribution is 0.452. The van der Waals surface area contributed by atoms with E-state index < -0.39 is 5.82 Å². The molecule has 0 amide bonds. The number of hydrogen-bond acceptors (Lipinski definition) is 5. The van der Waals surface area contributed by atoms with E-state index in [4.69, 9.17) is 10.6 Å². The maximum atomic E-state index is 13.4. The van der Waals surface area contributed by atoms with Crippen LogP contribution >= 0.6 is 15.9 Å². The van der Waals surface area contributed by atoms with Crippen molar-refractivity contribution in [3.8, 4) is 11.6 Å². The van der Waals surface area contributed by atoms with Crippen molar-refractivity contribution in [1.82, 2.24) is 9.97 Å². The minimum absolute atomic E-state index is 0.118. The molecule has 106 valence electrons. The third-order valence-electron chi connectivity index (χ3n) is 2.50. The summed E-state index contributed by atoms with van der Waals surface area (Å²) >= 11 is 3.09. The second-order valence-corrected chi connectivity index (χ2v) is 5.28. The van der Waals surface area contributed by atoms with E-state index in [-0.39, 0.29) is 5.92 Å². The van der Waals surface area contributed by atoms with Gasteiger partial charge < -0.3 is 10.2 Å². The second kappa shape index (κ2) is 6.15. The van der Waals surface area contributed by atoms with Crippen LogP contribution in [0, 0.1) is 5.82 Å². The normalized spacial score (nSPS) is 10.7. The average molecular weight is 341 g/mol. The fourth-order valence-corrected chi connectivity index (χ4v) is 1.73. The first-order valence-corrected chi connectivity index (χ1v) is 6.77. The summed E-state index contributed by atoms with van der Waals surface area (Å²) in [5.74, 6) is 6.76. The zero-order valence-corrected chi connectivity index (χ0v) is 12.6. The number of aromatic nitrogens is 2. The van der Waals surface area contributed by atoms with Gasteiger partial charge in [0.15, 0.2) is 0 Å². The highest BCUT2D eigenvalue weighted by Gasteiger charge is 2.10. The van der Waals surface area contributed by atoms with Crippen molar-refractivity contribution >= 4 is 21.7 Å². The number of nitrogens with one attached hydrogen (secondary N) is 1. The Balaban J connectivity index is 2.32. The molecule has 1 heterocycles. The van der Waals surface area contributed by atoms with Gasteiger partial charge in [0.25, 0.3) is 0 Å². The molecule has 20 heavy (non-hydrogen) atoms. The SMILES string of the molecule is CC(C)c1nc(NN)cc(Oc2ccc(Br)c(F)c2)n1. The van der Waals surface area contributed by atoms with E-state index in [0.29, 0.717) is 27.7 Å². The smallest absolute Gasteiger partial charge is 0.224 e. The molecule has 0 saturated heterocycles. The van der Waals surface area contributed by atoms with Gasteiger partial charge in [-0.15, -0.1) is 0 Å². The molecule has 0 fully saturated rings. The Labute approximate surface area is 124 Å². The van der Waals surface area contributed by atoms with Crippen molar-refractivity contribution in [1.29, 1.82) is 0 Å². The molecular weight excluding hydrogens is 327 g/mol. The minimum atomic E-state index is -0.405. The molecule has 7 heteroatoms. The molecule has 0 bridgehead atoms. The quantitative estimate of drug-likeness (QED) is 0.657. The molecule has 0 spiro atoms. The van der Waals surface area contributed by atoms with Gasteiger partial charge in [-0.3, -0.25) is 0 Å². The van der Waals surface area contributed by atoms with E-state index >= 15 is 0 Å². The van der Waals surface area contributed by atoms with Crippen LogP contribution in [0.3, 0.4) is 0 Å². The number of hydrogen-bond donors (Lipinski definition) is 2. The number of hydrazine groups is 1. The molecule has 1 aromatic heterocycles. The molecule has 2 aromatic rings. The van der Waals surface area contributed by atoms with Crippen LogP contribution < -0.4 is 16.0 Å². The predicted octanol–water partition coefficient (Wildman–Crippen LogP) is 3.58. The molecule has 1 aromatic carbocycles. The molecule has 0 aliphatic rings. The molecule has 0 atom stereocenters. The lowest BCUT2D eigenvalue weighted by Gasteiger charge is -2.10. The van der Waals surface area contributed by atoms with Gasteiger partial charge >= 0.3 is 0 Å². The maximum absolute atomic E-state index is 13.4. The van der Waals surface area contributed by atoms with Crippen molar-refractivity contribution in [3.05, 3.63) is 40.4 Å². The first-order valence-electron chi connectivity index (χ1n) is 5.98. The Morgan fingerprint density at radius 1 is 1.30 bits per heavy atom. The predicted molar refractivity (Wildman–Crippen MR) is 78.1 cm³/mol. The van der Waals surface area contributed by atoms with Crippen LogP contribution in [0.2, 0.25) is 0 Å². The Morgan fingerprint density at radius 2 is 2.05 bits per heavy atom. The Hall–Kier alpha value is -1.73. The van der Waals surface area contributed by atoms with Crippen molar-refractivity contribution in [2.45, 2.75) is 19.8 Å².